The number of carbonyl (C=O) groups excluding carboxylic acids is 2. The van der Waals surface area contributed by atoms with Gasteiger partial charge in [0.05, 0.1) is 17.9 Å². The Morgan fingerprint density at radius 3 is 2.83 bits per heavy atom. The summed E-state index contributed by atoms with van der Waals surface area (Å²) in [6.07, 6.45) is 1.44. The molecule has 0 saturated carbocycles. The van der Waals surface area contributed by atoms with E-state index < -0.39 is 0 Å². The largest absolute Gasteiger partial charge is 0.466 e. The molecule has 1 N–H and O–H groups in total. The third-order valence-electron chi connectivity index (χ3n) is 4.23. The fourth-order valence-corrected chi connectivity index (χ4v) is 3.04. The summed E-state index contributed by atoms with van der Waals surface area (Å²) in [6, 6.07) is 6.86. The zero-order valence-electron chi connectivity index (χ0n) is 13.4. The van der Waals surface area contributed by atoms with E-state index in [2.05, 4.69) is 10.2 Å². The summed E-state index contributed by atoms with van der Waals surface area (Å²) >= 11 is 0. The number of carbonyl (C=O) groups is 2. The van der Waals surface area contributed by atoms with Gasteiger partial charge in [-0.25, -0.2) is 5.10 Å². The molecule has 1 saturated heterocycles. The SMILES string of the molecule is CCOC(=O)[C@H]1CCCN(C(=O)c2n[nH]c(=O)c3ccccc23)C1. The Kier molecular flexibility index (Phi) is 4.59. The summed E-state index contributed by atoms with van der Waals surface area (Å²) in [5.41, 5.74) is -0.125. The molecule has 24 heavy (non-hydrogen) atoms. The van der Waals surface area contributed by atoms with Crippen molar-refractivity contribution >= 4 is 22.6 Å². The van der Waals surface area contributed by atoms with Gasteiger partial charge in [0.15, 0.2) is 5.69 Å². The molecule has 1 aliphatic heterocycles. The van der Waals surface area contributed by atoms with Gasteiger partial charge in [-0.05, 0) is 25.8 Å². The van der Waals surface area contributed by atoms with E-state index >= 15 is 0 Å². The van der Waals surface area contributed by atoms with E-state index in [1.807, 2.05) is 0 Å². The smallest absolute Gasteiger partial charge is 0.310 e. The van der Waals surface area contributed by atoms with Crippen LogP contribution >= 0.6 is 0 Å². The molecule has 1 amide bonds. The highest BCUT2D eigenvalue weighted by molar-refractivity contribution is 6.04. The molecule has 1 aliphatic rings. The van der Waals surface area contributed by atoms with Gasteiger partial charge in [0.1, 0.15) is 0 Å². The Morgan fingerprint density at radius 1 is 1.33 bits per heavy atom. The molecule has 3 rings (SSSR count). The van der Waals surface area contributed by atoms with Crippen LogP contribution in [0.4, 0.5) is 0 Å². The van der Waals surface area contributed by atoms with Gasteiger partial charge in [-0.3, -0.25) is 14.4 Å². The van der Waals surface area contributed by atoms with E-state index in [0.717, 1.165) is 6.42 Å². The number of nitrogens with zero attached hydrogens (tertiary/aromatic N) is 2. The lowest BCUT2D eigenvalue weighted by Gasteiger charge is -2.31. The molecule has 0 bridgehead atoms. The minimum atomic E-state index is -0.329. The summed E-state index contributed by atoms with van der Waals surface area (Å²) in [7, 11) is 0. The van der Waals surface area contributed by atoms with Crippen LogP contribution < -0.4 is 5.56 Å². The second-order valence-electron chi connectivity index (χ2n) is 5.79. The Balaban J connectivity index is 1.88. The molecule has 0 aliphatic carbocycles. The van der Waals surface area contributed by atoms with Crippen molar-refractivity contribution < 1.29 is 14.3 Å². The molecular formula is C17H19N3O4. The van der Waals surface area contributed by atoms with Crippen molar-refractivity contribution in [3.8, 4) is 0 Å². The van der Waals surface area contributed by atoms with Gasteiger partial charge in [0.25, 0.3) is 11.5 Å². The second kappa shape index (κ2) is 6.82. The first kappa shape index (κ1) is 16.2. The number of amides is 1. The number of hydrogen-bond acceptors (Lipinski definition) is 5. The lowest BCUT2D eigenvalue weighted by molar-refractivity contribution is -0.149. The zero-order valence-corrected chi connectivity index (χ0v) is 13.4. The number of likely N-dealkylation sites (tertiary alicyclic amines) is 1. The minimum absolute atomic E-state index is 0.203. The predicted molar refractivity (Wildman–Crippen MR) is 87.6 cm³/mol. The number of benzene rings is 1. The van der Waals surface area contributed by atoms with E-state index in [-0.39, 0.29) is 29.0 Å². The summed E-state index contributed by atoms with van der Waals surface area (Å²) < 4.78 is 5.06. The molecule has 1 atom stereocenters. The highest BCUT2D eigenvalue weighted by atomic mass is 16.5. The number of nitrogens with one attached hydrogen (secondary N) is 1. The molecule has 0 unspecified atom stereocenters. The summed E-state index contributed by atoms with van der Waals surface area (Å²) in [6.45, 7) is 2.96. The number of hydrogen-bond donors (Lipinski definition) is 1. The van der Waals surface area contributed by atoms with Crippen molar-refractivity contribution in [3.63, 3.8) is 0 Å². The Hall–Kier alpha value is -2.70. The summed E-state index contributed by atoms with van der Waals surface area (Å²) in [4.78, 5) is 38.2. The van der Waals surface area contributed by atoms with Crippen LogP contribution in [0.3, 0.4) is 0 Å². The number of fused-ring (bicyclic) bond motifs is 1. The first-order chi connectivity index (χ1) is 11.6. The van der Waals surface area contributed by atoms with Crippen LogP contribution in [0.15, 0.2) is 29.1 Å². The maximum absolute atomic E-state index is 12.8. The number of piperidine rings is 1. The molecule has 2 heterocycles. The second-order valence-corrected chi connectivity index (χ2v) is 5.79. The highest BCUT2D eigenvalue weighted by Gasteiger charge is 2.31. The molecule has 1 aromatic heterocycles. The van der Waals surface area contributed by atoms with Gasteiger partial charge in [-0.1, -0.05) is 18.2 Å². The van der Waals surface area contributed by atoms with Crippen LogP contribution in [0.2, 0.25) is 0 Å². The predicted octanol–water partition coefficient (Wildman–Crippen LogP) is 1.34. The van der Waals surface area contributed by atoms with E-state index in [1.54, 1.807) is 36.1 Å². The molecule has 0 radical (unpaired) electrons. The van der Waals surface area contributed by atoms with E-state index in [1.165, 1.54) is 0 Å². The molecule has 2 aromatic rings. The standard InChI is InChI=1S/C17H19N3O4/c1-2-24-17(23)11-6-5-9-20(10-11)16(22)14-12-7-3-4-8-13(12)15(21)19-18-14/h3-4,7-8,11H,2,5-6,9-10H2,1H3,(H,19,21)/t11-/m0/s1. The average molecular weight is 329 g/mol. The van der Waals surface area contributed by atoms with Crippen molar-refractivity contribution in [2.75, 3.05) is 19.7 Å². The normalized spacial score (nSPS) is 17.7. The van der Waals surface area contributed by atoms with Gasteiger partial charge in [0, 0.05) is 18.5 Å². The number of esters is 1. The minimum Gasteiger partial charge on any atom is -0.466 e. The first-order valence-electron chi connectivity index (χ1n) is 8.05. The average Bonchev–Trinajstić information content (AvgIpc) is 2.62. The zero-order chi connectivity index (χ0) is 17.1. The van der Waals surface area contributed by atoms with Crippen LogP contribution in [0.5, 0.6) is 0 Å². The Bertz CT molecular complexity index is 830. The number of aromatic amines is 1. The van der Waals surface area contributed by atoms with Crippen molar-refractivity contribution in [2.24, 2.45) is 5.92 Å². The molecule has 1 fully saturated rings. The van der Waals surface area contributed by atoms with Crippen molar-refractivity contribution in [2.45, 2.75) is 19.8 Å². The first-order valence-corrected chi connectivity index (χ1v) is 8.05. The van der Waals surface area contributed by atoms with Crippen molar-refractivity contribution in [1.82, 2.24) is 15.1 Å². The third-order valence-corrected chi connectivity index (χ3v) is 4.23. The lowest BCUT2D eigenvalue weighted by atomic mass is 9.97. The summed E-state index contributed by atoms with van der Waals surface area (Å²) in [5.74, 6) is -0.859. The van der Waals surface area contributed by atoms with Crippen LogP contribution in [-0.2, 0) is 9.53 Å². The molecule has 7 heteroatoms. The van der Waals surface area contributed by atoms with Crippen LogP contribution in [0.1, 0.15) is 30.3 Å². The Morgan fingerprint density at radius 2 is 2.08 bits per heavy atom. The fourth-order valence-electron chi connectivity index (χ4n) is 3.04. The Labute approximate surface area is 138 Å². The number of aromatic nitrogens is 2. The van der Waals surface area contributed by atoms with Crippen LogP contribution in [-0.4, -0.2) is 46.7 Å². The van der Waals surface area contributed by atoms with Crippen molar-refractivity contribution in [1.29, 1.82) is 0 Å². The molecule has 1 aromatic carbocycles. The van der Waals surface area contributed by atoms with E-state index in [0.29, 0.717) is 36.9 Å². The van der Waals surface area contributed by atoms with Gasteiger partial charge < -0.3 is 9.64 Å². The molecule has 0 spiro atoms. The van der Waals surface area contributed by atoms with Gasteiger partial charge >= 0.3 is 5.97 Å². The molecule has 126 valence electrons. The fraction of sp³-hybridized carbons (Fsp3) is 0.412. The van der Waals surface area contributed by atoms with Crippen LogP contribution in [0.25, 0.3) is 10.8 Å². The summed E-state index contributed by atoms with van der Waals surface area (Å²) in [5, 5.41) is 7.26. The topological polar surface area (TPSA) is 92.4 Å². The molecular weight excluding hydrogens is 310 g/mol. The van der Waals surface area contributed by atoms with Gasteiger partial charge in [-0.15, -0.1) is 0 Å². The van der Waals surface area contributed by atoms with Gasteiger partial charge in [0.2, 0.25) is 0 Å². The van der Waals surface area contributed by atoms with Gasteiger partial charge in [-0.2, -0.15) is 5.10 Å². The maximum atomic E-state index is 12.8. The number of rotatable bonds is 3. The number of H-pyrrole nitrogens is 1. The quantitative estimate of drug-likeness (QED) is 0.858. The van der Waals surface area contributed by atoms with E-state index in [9.17, 15) is 14.4 Å². The third kappa shape index (κ3) is 3.02. The van der Waals surface area contributed by atoms with Crippen LogP contribution in [0, 0.1) is 5.92 Å². The maximum Gasteiger partial charge on any atom is 0.310 e. The van der Waals surface area contributed by atoms with E-state index in [4.69, 9.17) is 4.74 Å². The number of ether oxygens (including phenoxy) is 1. The highest BCUT2D eigenvalue weighted by Crippen LogP contribution is 2.21. The lowest BCUT2D eigenvalue weighted by Crippen LogP contribution is -2.43. The monoisotopic (exact) mass is 329 g/mol. The van der Waals surface area contributed by atoms with Crippen molar-refractivity contribution in [3.05, 3.63) is 40.3 Å². The molecule has 7 nitrogen and oxygen atoms in total.